The van der Waals surface area contributed by atoms with Gasteiger partial charge in [-0.3, -0.25) is 9.48 Å². The third kappa shape index (κ3) is 3.06. The number of piperidine rings is 1. The van der Waals surface area contributed by atoms with E-state index in [-0.39, 0.29) is 11.9 Å². The van der Waals surface area contributed by atoms with Gasteiger partial charge in [0.25, 0.3) is 0 Å². The quantitative estimate of drug-likeness (QED) is 0.871. The lowest BCUT2D eigenvalue weighted by molar-refractivity contribution is -0.135. The van der Waals surface area contributed by atoms with Gasteiger partial charge in [-0.15, -0.1) is 0 Å². The second-order valence-electron chi connectivity index (χ2n) is 6.26. The van der Waals surface area contributed by atoms with E-state index in [4.69, 9.17) is 0 Å². The summed E-state index contributed by atoms with van der Waals surface area (Å²) in [6, 6.07) is 9.88. The van der Waals surface area contributed by atoms with Crippen molar-refractivity contribution in [2.75, 3.05) is 13.1 Å². The third-order valence-electron chi connectivity index (χ3n) is 4.56. The summed E-state index contributed by atoms with van der Waals surface area (Å²) < 4.78 is 1.78. The highest BCUT2D eigenvalue weighted by Gasteiger charge is 2.25. The Hall–Kier alpha value is -2.10. The topological polar surface area (TPSA) is 38.1 Å². The smallest absolute Gasteiger partial charge is 0.247 e. The SMILES string of the molecule is CC1CCN(C(=O)C(C)n2cc(-c3ccccc3)cn2)CC1. The molecule has 2 aromatic rings. The molecule has 0 bridgehead atoms. The fraction of sp³-hybridized carbons (Fsp3) is 0.444. The number of carbonyl (C=O) groups excluding carboxylic acids is 1. The summed E-state index contributed by atoms with van der Waals surface area (Å²) in [6.45, 7) is 5.93. The fourth-order valence-corrected chi connectivity index (χ4v) is 2.94. The number of hydrogen-bond donors (Lipinski definition) is 0. The molecule has 4 nitrogen and oxygen atoms in total. The summed E-state index contributed by atoms with van der Waals surface area (Å²) >= 11 is 0. The Morgan fingerprint density at radius 2 is 1.86 bits per heavy atom. The van der Waals surface area contributed by atoms with Crippen LogP contribution in [0.3, 0.4) is 0 Å². The molecule has 1 amide bonds. The first-order chi connectivity index (χ1) is 10.6. The number of carbonyl (C=O) groups is 1. The second-order valence-corrected chi connectivity index (χ2v) is 6.26. The first-order valence-corrected chi connectivity index (χ1v) is 8.03. The minimum absolute atomic E-state index is 0.176. The molecule has 3 rings (SSSR count). The van der Waals surface area contributed by atoms with Crippen molar-refractivity contribution in [2.24, 2.45) is 5.92 Å². The summed E-state index contributed by atoms with van der Waals surface area (Å²) in [7, 11) is 0. The molecular weight excluding hydrogens is 274 g/mol. The van der Waals surface area contributed by atoms with Gasteiger partial charge in [0.05, 0.1) is 6.20 Å². The normalized spacial score (nSPS) is 17.5. The third-order valence-corrected chi connectivity index (χ3v) is 4.56. The van der Waals surface area contributed by atoms with E-state index in [1.165, 1.54) is 0 Å². The molecule has 1 aromatic carbocycles. The molecule has 1 aliphatic rings. The molecule has 1 aromatic heterocycles. The van der Waals surface area contributed by atoms with Crippen molar-refractivity contribution in [3.63, 3.8) is 0 Å². The van der Waals surface area contributed by atoms with Crippen LogP contribution in [0.5, 0.6) is 0 Å². The predicted molar refractivity (Wildman–Crippen MR) is 87.4 cm³/mol. The standard InChI is InChI=1S/C18H23N3O/c1-14-8-10-20(11-9-14)18(22)15(2)21-13-17(12-19-21)16-6-4-3-5-7-16/h3-7,12-15H,8-11H2,1-2H3. The van der Waals surface area contributed by atoms with Crippen LogP contribution in [0.2, 0.25) is 0 Å². The van der Waals surface area contributed by atoms with E-state index in [1.54, 1.807) is 4.68 Å². The van der Waals surface area contributed by atoms with Crippen LogP contribution in [0.25, 0.3) is 11.1 Å². The van der Waals surface area contributed by atoms with Crippen molar-refractivity contribution in [1.29, 1.82) is 0 Å². The van der Waals surface area contributed by atoms with Crippen LogP contribution >= 0.6 is 0 Å². The van der Waals surface area contributed by atoms with Crippen LogP contribution in [-0.2, 0) is 4.79 Å². The Morgan fingerprint density at radius 1 is 1.18 bits per heavy atom. The van der Waals surface area contributed by atoms with E-state index in [0.717, 1.165) is 43.0 Å². The van der Waals surface area contributed by atoms with Crippen molar-refractivity contribution in [1.82, 2.24) is 14.7 Å². The molecule has 0 aliphatic carbocycles. The lowest BCUT2D eigenvalue weighted by Gasteiger charge is -2.32. The van der Waals surface area contributed by atoms with Crippen LogP contribution in [0.4, 0.5) is 0 Å². The maximum absolute atomic E-state index is 12.6. The van der Waals surface area contributed by atoms with E-state index in [0.29, 0.717) is 0 Å². The minimum atomic E-state index is -0.245. The number of rotatable bonds is 3. The second kappa shape index (κ2) is 6.34. The molecule has 1 fully saturated rings. The van der Waals surface area contributed by atoms with Gasteiger partial charge in [-0.05, 0) is 31.2 Å². The van der Waals surface area contributed by atoms with Crippen molar-refractivity contribution >= 4 is 5.91 Å². The number of hydrogen-bond acceptors (Lipinski definition) is 2. The van der Waals surface area contributed by atoms with Crippen molar-refractivity contribution in [2.45, 2.75) is 32.7 Å². The Morgan fingerprint density at radius 3 is 2.55 bits per heavy atom. The Labute approximate surface area is 131 Å². The van der Waals surface area contributed by atoms with Crippen LogP contribution < -0.4 is 0 Å². The highest BCUT2D eigenvalue weighted by molar-refractivity contribution is 5.80. The van der Waals surface area contributed by atoms with Gasteiger partial charge in [-0.2, -0.15) is 5.10 Å². The summed E-state index contributed by atoms with van der Waals surface area (Å²) in [5.41, 5.74) is 2.17. The number of aromatic nitrogens is 2. The summed E-state index contributed by atoms with van der Waals surface area (Å²) in [5, 5.41) is 4.39. The van der Waals surface area contributed by atoms with E-state index in [1.807, 2.05) is 42.4 Å². The summed E-state index contributed by atoms with van der Waals surface area (Å²) in [4.78, 5) is 14.6. The van der Waals surface area contributed by atoms with Crippen molar-refractivity contribution < 1.29 is 4.79 Å². The summed E-state index contributed by atoms with van der Waals surface area (Å²) in [6.07, 6.45) is 6.00. The molecule has 1 atom stereocenters. The zero-order valence-electron chi connectivity index (χ0n) is 13.3. The zero-order chi connectivity index (χ0) is 15.5. The molecular formula is C18H23N3O. The zero-order valence-corrected chi connectivity index (χ0v) is 13.3. The molecule has 1 aliphatic heterocycles. The first kappa shape index (κ1) is 14.8. The average molecular weight is 297 g/mol. The van der Waals surface area contributed by atoms with Gasteiger partial charge < -0.3 is 4.90 Å². The minimum Gasteiger partial charge on any atom is -0.341 e. The molecule has 1 saturated heterocycles. The van der Waals surface area contributed by atoms with Gasteiger partial charge in [0.1, 0.15) is 6.04 Å². The highest BCUT2D eigenvalue weighted by atomic mass is 16.2. The van der Waals surface area contributed by atoms with Gasteiger partial charge in [0.2, 0.25) is 5.91 Å². The van der Waals surface area contributed by atoms with Gasteiger partial charge in [0.15, 0.2) is 0 Å². The van der Waals surface area contributed by atoms with Crippen LogP contribution in [0.15, 0.2) is 42.7 Å². The van der Waals surface area contributed by atoms with Crippen LogP contribution in [0.1, 0.15) is 32.7 Å². The Balaban J connectivity index is 1.71. The van der Waals surface area contributed by atoms with E-state index in [2.05, 4.69) is 24.2 Å². The molecule has 22 heavy (non-hydrogen) atoms. The monoisotopic (exact) mass is 297 g/mol. The molecule has 1 unspecified atom stereocenters. The highest BCUT2D eigenvalue weighted by Crippen LogP contribution is 2.22. The largest absolute Gasteiger partial charge is 0.341 e. The summed E-state index contributed by atoms with van der Waals surface area (Å²) in [5.74, 6) is 0.906. The van der Waals surface area contributed by atoms with E-state index in [9.17, 15) is 4.79 Å². The van der Waals surface area contributed by atoms with Gasteiger partial charge >= 0.3 is 0 Å². The fourth-order valence-electron chi connectivity index (χ4n) is 2.94. The van der Waals surface area contributed by atoms with Gasteiger partial charge in [-0.25, -0.2) is 0 Å². The van der Waals surface area contributed by atoms with E-state index >= 15 is 0 Å². The number of amides is 1. The van der Waals surface area contributed by atoms with Crippen LogP contribution in [0, 0.1) is 5.92 Å². The molecule has 0 spiro atoms. The Bertz CT molecular complexity index is 627. The van der Waals surface area contributed by atoms with Crippen LogP contribution in [-0.4, -0.2) is 33.7 Å². The van der Waals surface area contributed by atoms with Crippen molar-refractivity contribution in [3.8, 4) is 11.1 Å². The molecule has 0 saturated carbocycles. The van der Waals surface area contributed by atoms with Gasteiger partial charge in [-0.1, -0.05) is 37.3 Å². The molecule has 4 heteroatoms. The maximum atomic E-state index is 12.6. The number of nitrogens with zero attached hydrogens (tertiary/aromatic N) is 3. The van der Waals surface area contributed by atoms with E-state index < -0.39 is 0 Å². The number of likely N-dealkylation sites (tertiary alicyclic amines) is 1. The molecule has 116 valence electrons. The van der Waals surface area contributed by atoms with Crippen molar-refractivity contribution in [3.05, 3.63) is 42.7 Å². The average Bonchev–Trinajstić information content (AvgIpc) is 3.05. The predicted octanol–water partition coefficient (Wildman–Crippen LogP) is 3.37. The lowest BCUT2D eigenvalue weighted by Crippen LogP contribution is -2.41. The molecule has 2 heterocycles. The maximum Gasteiger partial charge on any atom is 0.247 e. The first-order valence-electron chi connectivity index (χ1n) is 8.03. The molecule has 0 N–H and O–H groups in total. The number of benzene rings is 1. The lowest BCUT2D eigenvalue weighted by atomic mass is 9.99. The van der Waals surface area contributed by atoms with Gasteiger partial charge in [0, 0.05) is 24.8 Å². The molecule has 0 radical (unpaired) electrons. The Kier molecular flexibility index (Phi) is 4.27.